The van der Waals surface area contributed by atoms with Gasteiger partial charge in [0.1, 0.15) is 0 Å². The molecule has 0 aliphatic rings. The number of carbonyl (C=O) groups is 1. The number of Topliss-reactive ketones (excluding diaryl/α,β-unsaturated/α-hetero) is 1. The molecule has 0 aliphatic carbocycles. The zero-order chi connectivity index (χ0) is 19.2. The summed E-state index contributed by atoms with van der Waals surface area (Å²) in [5.41, 5.74) is 3.96. The number of thioether (sulfide) groups is 1. The van der Waals surface area contributed by atoms with E-state index in [2.05, 4.69) is 15.2 Å². The van der Waals surface area contributed by atoms with Crippen LogP contribution in [0.1, 0.15) is 21.5 Å². The lowest BCUT2D eigenvalue weighted by Crippen LogP contribution is -2.09. The van der Waals surface area contributed by atoms with E-state index in [1.807, 2.05) is 48.7 Å². The van der Waals surface area contributed by atoms with Gasteiger partial charge in [0.15, 0.2) is 16.8 Å². The predicted octanol–water partition coefficient (Wildman–Crippen LogP) is 3.58. The van der Waals surface area contributed by atoms with E-state index in [1.165, 1.54) is 17.3 Å². The molecule has 0 radical (unpaired) electrons. The van der Waals surface area contributed by atoms with Crippen molar-refractivity contribution in [1.29, 1.82) is 0 Å². The van der Waals surface area contributed by atoms with E-state index < -0.39 is 0 Å². The van der Waals surface area contributed by atoms with Gasteiger partial charge < -0.3 is 4.74 Å². The smallest absolute Gasteiger partial charge is 0.192 e. The SMILES string of the molecule is COCCn1c(SCC(=O)c2ccc(C)c(C)c2)nnc1-c1ccncc1. The molecule has 2 aromatic heterocycles. The van der Waals surface area contributed by atoms with Crippen molar-refractivity contribution in [1.82, 2.24) is 19.7 Å². The number of hydrogen-bond donors (Lipinski definition) is 0. The minimum Gasteiger partial charge on any atom is -0.383 e. The van der Waals surface area contributed by atoms with Gasteiger partial charge in [-0.2, -0.15) is 0 Å². The topological polar surface area (TPSA) is 69.9 Å². The number of nitrogens with zero attached hydrogens (tertiary/aromatic N) is 4. The molecule has 1 aromatic carbocycles. The van der Waals surface area contributed by atoms with Crippen LogP contribution in [0.2, 0.25) is 0 Å². The lowest BCUT2D eigenvalue weighted by Gasteiger charge is -2.09. The lowest BCUT2D eigenvalue weighted by molar-refractivity contribution is 0.102. The van der Waals surface area contributed by atoms with Gasteiger partial charge in [-0.15, -0.1) is 10.2 Å². The van der Waals surface area contributed by atoms with Crippen LogP contribution in [0.25, 0.3) is 11.4 Å². The molecule has 3 aromatic rings. The quantitative estimate of drug-likeness (QED) is 0.438. The molecule has 2 heterocycles. The first kappa shape index (κ1) is 19.3. The maximum atomic E-state index is 12.6. The first-order chi connectivity index (χ1) is 13.1. The Morgan fingerprint density at radius 1 is 1.11 bits per heavy atom. The van der Waals surface area contributed by atoms with Crippen LogP contribution in [0, 0.1) is 13.8 Å². The monoisotopic (exact) mass is 382 g/mol. The average Bonchev–Trinajstić information content (AvgIpc) is 3.10. The molecule has 0 spiro atoms. The number of ether oxygens (including phenoxy) is 1. The third kappa shape index (κ3) is 4.61. The number of methoxy groups -OCH3 is 1. The highest BCUT2D eigenvalue weighted by molar-refractivity contribution is 7.99. The van der Waals surface area contributed by atoms with E-state index >= 15 is 0 Å². The van der Waals surface area contributed by atoms with Gasteiger partial charge in [0, 0.05) is 30.6 Å². The Labute approximate surface area is 163 Å². The first-order valence-corrected chi connectivity index (χ1v) is 9.64. The van der Waals surface area contributed by atoms with E-state index in [-0.39, 0.29) is 5.78 Å². The Kier molecular flexibility index (Phi) is 6.36. The first-order valence-electron chi connectivity index (χ1n) is 8.66. The van der Waals surface area contributed by atoms with Crippen molar-refractivity contribution in [2.24, 2.45) is 0 Å². The maximum absolute atomic E-state index is 12.6. The van der Waals surface area contributed by atoms with Gasteiger partial charge in [-0.05, 0) is 43.2 Å². The largest absolute Gasteiger partial charge is 0.383 e. The summed E-state index contributed by atoms with van der Waals surface area (Å²) >= 11 is 1.39. The molecular formula is C20H22N4O2S. The molecular weight excluding hydrogens is 360 g/mol. The van der Waals surface area contributed by atoms with Crippen LogP contribution in [0.5, 0.6) is 0 Å². The molecule has 0 N–H and O–H groups in total. The van der Waals surface area contributed by atoms with E-state index in [9.17, 15) is 4.79 Å². The Balaban J connectivity index is 1.78. The van der Waals surface area contributed by atoms with Gasteiger partial charge in [-0.1, -0.05) is 23.9 Å². The summed E-state index contributed by atoms with van der Waals surface area (Å²) in [6.45, 7) is 5.20. The molecule has 6 nitrogen and oxygen atoms in total. The van der Waals surface area contributed by atoms with Crippen LogP contribution in [-0.4, -0.2) is 45.0 Å². The van der Waals surface area contributed by atoms with Crippen LogP contribution in [0.4, 0.5) is 0 Å². The number of pyridine rings is 1. The molecule has 0 bridgehead atoms. The number of aryl methyl sites for hydroxylation is 2. The van der Waals surface area contributed by atoms with Crippen LogP contribution in [-0.2, 0) is 11.3 Å². The van der Waals surface area contributed by atoms with Crippen LogP contribution >= 0.6 is 11.8 Å². The van der Waals surface area contributed by atoms with E-state index in [4.69, 9.17) is 4.74 Å². The van der Waals surface area contributed by atoms with Gasteiger partial charge in [0.2, 0.25) is 0 Å². The summed E-state index contributed by atoms with van der Waals surface area (Å²) in [7, 11) is 1.66. The van der Waals surface area contributed by atoms with Crippen molar-refractivity contribution in [3.05, 3.63) is 59.4 Å². The fourth-order valence-electron chi connectivity index (χ4n) is 2.62. The highest BCUT2D eigenvalue weighted by Gasteiger charge is 2.16. The van der Waals surface area contributed by atoms with Crippen molar-refractivity contribution in [3.8, 4) is 11.4 Å². The molecule has 140 valence electrons. The van der Waals surface area contributed by atoms with Crippen molar-refractivity contribution in [2.45, 2.75) is 25.5 Å². The van der Waals surface area contributed by atoms with Gasteiger partial charge in [-0.25, -0.2) is 0 Å². The Morgan fingerprint density at radius 3 is 2.59 bits per heavy atom. The van der Waals surface area contributed by atoms with E-state index in [0.29, 0.717) is 24.1 Å². The molecule has 0 unspecified atom stereocenters. The third-order valence-corrected chi connectivity index (χ3v) is 5.30. The molecule has 0 saturated heterocycles. The molecule has 0 saturated carbocycles. The maximum Gasteiger partial charge on any atom is 0.192 e. The number of aromatic nitrogens is 4. The summed E-state index contributed by atoms with van der Waals surface area (Å²) in [6.07, 6.45) is 3.45. The van der Waals surface area contributed by atoms with E-state index in [0.717, 1.165) is 22.5 Å². The van der Waals surface area contributed by atoms with Crippen molar-refractivity contribution in [2.75, 3.05) is 19.5 Å². The lowest BCUT2D eigenvalue weighted by atomic mass is 10.0. The second-order valence-electron chi connectivity index (χ2n) is 6.20. The van der Waals surface area contributed by atoms with Crippen LogP contribution in [0.15, 0.2) is 47.9 Å². The number of ketones is 1. The average molecular weight is 382 g/mol. The van der Waals surface area contributed by atoms with E-state index in [1.54, 1.807) is 19.5 Å². The van der Waals surface area contributed by atoms with Crippen molar-refractivity contribution >= 4 is 17.5 Å². The minimum absolute atomic E-state index is 0.0786. The summed E-state index contributed by atoms with van der Waals surface area (Å²) in [5.74, 6) is 1.13. The van der Waals surface area contributed by atoms with Crippen molar-refractivity contribution in [3.63, 3.8) is 0 Å². The second-order valence-corrected chi connectivity index (χ2v) is 7.14. The third-order valence-electron chi connectivity index (χ3n) is 4.34. The summed E-state index contributed by atoms with van der Waals surface area (Å²) in [4.78, 5) is 16.6. The molecule has 27 heavy (non-hydrogen) atoms. The van der Waals surface area contributed by atoms with Crippen LogP contribution in [0.3, 0.4) is 0 Å². The minimum atomic E-state index is 0.0786. The Bertz CT molecular complexity index is 925. The molecule has 3 rings (SSSR count). The second kappa shape index (κ2) is 8.92. The highest BCUT2D eigenvalue weighted by Crippen LogP contribution is 2.24. The molecule has 0 amide bonds. The fraction of sp³-hybridized carbons (Fsp3) is 0.300. The normalized spacial score (nSPS) is 10.9. The fourth-order valence-corrected chi connectivity index (χ4v) is 3.48. The van der Waals surface area contributed by atoms with Crippen LogP contribution < -0.4 is 0 Å². The zero-order valence-corrected chi connectivity index (χ0v) is 16.5. The number of carbonyl (C=O) groups excluding carboxylic acids is 1. The summed E-state index contributed by atoms with van der Waals surface area (Å²) in [6, 6.07) is 9.58. The number of hydrogen-bond acceptors (Lipinski definition) is 6. The molecule has 0 aliphatic heterocycles. The Morgan fingerprint density at radius 2 is 1.89 bits per heavy atom. The zero-order valence-electron chi connectivity index (χ0n) is 15.7. The number of rotatable bonds is 8. The molecule has 0 fully saturated rings. The Hall–Kier alpha value is -2.51. The van der Waals surface area contributed by atoms with Crippen molar-refractivity contribution < 1.29 is 9.53 Å². The summed E-state index contributed by atoms with van der Waals surface area (Å²) in [5, 5.41) is 9.31. The van der Waals surface area contributed by atoms with Gasteiger partial charge in [0.05, 0.1) is 18.9 Å². The number of benzene rings is 1. The highest BCUT2D eigenvalue weighted by atomic mass is 32.2. The van der Waals surface area contributed by atoms with Gasteiger partial charge in [-0.3, -0.25) is 14.3 Å². The summed E-state index contributed by atoms with van der Waals surface area (Å²) < 4.78 is 7.20. The van der Waals surface area contributed by atoms with Gasteiger partial charge >= 0.3 is 0 Å². The predicted molar refractivity (Wildman–Crippen MR) is 106 cm³/mol. The molecule has 7 heteroatoms. The van der Waals surface area contributed by atoms with Gasteiger partial charge in [0.25, 0.3) is 0 Å². The molecule has 0 atom stereocenters. The standard InChI is InChI=1S/C20H22N4O2S/c1-14-4-5-17(12-15(14)2)18(25)13-27-20-23-22-19(24(20)10-11-26-3)16-6-8-21-9-7-16/h4-9,12H,10-11,13H2,1-3H3.